The Morgan fingerprint density at radius 3 is 2.47 bits per heavy atom. The number of nitrogens with one attached hydrogen (secondary N) is 1. The first kappa shape index (κ1) is 14.9. The van der Waals surface area contributed by atoms with E-state index >= 15 is 0 Å². The number of hydrogen-bond donors (Lipinski definition) is 2. The number of benzene rings is 1. The number of aromatic nitrogens is 1. The molecule has 0 amide bonds. The SMILES string of the molecule is Cc1nc2c(Cl)c(Cl)c(Br)cc2c(NN)c1C(C)C. The third-order valence-electron chi connectivity index (χ3n) is 3.07. The number of nitrogens with zero attached hydrogens (tertiary/aromatic N) is 1. The van der Waals surface area contributed by atoms with E-state index in [9.17, 15) is 0 Å². The van der Waals surface area contributed by atoms with Gasteiger partial charge in [-0.05, 0) is 34.8 Å². The van der Waals surface area contributed by atoms with Crippen molar-refractivity contribution in [2.75, 3.05) is 5.43 Å². The van der Waals surface area contributed by atoms with Gasteiger partial charge in [0.2, 0.25) is 0 Å². The molecule has 3 nitrogen and oxygen atoms in total. The predicted octanol–water partition coefficient (Wildman–Crippen LogP) is 5.02. The molecule has 2 rings (SSSR count). The first-order valence-corrected chi connectivity index (χ1v) is 7.37. The highest BCUT2D eigenvalue weighted by Gasteiger charge is 2.19. The molecule has 102 valence electrons. The average Bonchev–Trinajstić information content (AvgIpc) is 2.35. The van der Waals surface area contributed by atoms with Crippen LogP contribution in [0.2, 0.25) is 10.0 Å². The Kier molecular flexibility index (Phi) is 4.26. The first-order valence-electron chi connectivity index (χ1n) is 5.82. The highest BCUT2D eigenvalue weighted by Crippen LogP contribution is 2.41. The van der Waals surface area contributed by atoms with E-state index < -0.39 is 0 Å². The summed E-state index contributed by atoms with van der Waals surface area (Å²) >= 11 is 15.8. The third kappa shape index (κ3) is 2.42. The van der Waals surface area contributed by atoms with Crippen LogP contribution in [0.4, 0.5) is 5.69 Å². The van der Waals surface area contributed by atoms with Gasteiger partial charge in [-0.25, -0.2) is 0 Å². The molecule has 0 atom stereocenters. The van der Waals surface area contributed by atoms with Crippen molar-refractivity contribution >= 4 is 55.7 Å². The Bertz CT molecular complexity index is 656. The van der Waals surface area contributed by atoms with E-state index in [4.69, 9.17) is 29.0 Å². The summed E-state index contributed by atoms with van der Waals surface area (Å²) in [5.74, 6) is 5.99. The number of hydrogen-bond acceptors (Lipinski definition) is 3. The second-order valence-corrected chi connectivity index (χ2v) is 6.28. The van der Waals surface area contributed by atoms with Crippen molar-refractivity contribution in [2.24, 2.45) is 5.84 Å². The Balaban J connectivity index is 2.98. The molecule has 0 spiro atoms. The van der Waals surface area contributed by atoms with Gasteiger partial charge in [-0.3, -0.25) is 10.8 Å². The van der Waals surface area contributed by atoms with Gasteiger partial charge in [0.1, 0.15) is 0 Å². The molecule has 6 heteroatoms. The molecule has 0 aliphatic rings. The van der Waals surface area contributed by atoms with Crippen molar-refractivity contribution in [2.45, 2.75) is 26.7 Å². The lowest BCUT2D eigenvalue weighted by Gasteiger charge is -2.18. The zero-order valence-corrected chi connectivity index (χ0v) is 13.9. The van der Waals surface area contributed by atoms with Crippen LogP contribution < -0.4 is 11.3 Å². The molecule has 0 saturated carbocycles. The molecule has 0 radical (unpaired) electrons. The fraction of sp³-hybridized carbons (Fsp3) is 0.308. The monoisotopic (exact) mass is 361 g/mol. The Labute approximate surface area is 130 Å². The van der Waals surface area contributed by atoms with Gasteiger partial charge in [0.05, 0.1) is 21.2 Å². The molecule has 19 heavy (non-hydrogen) atoms. The van der Waals surface area contributed by atoms with Crippen molar-refractivity contribution in [3.63, 3.8) is 0 Å². The number of nitrogen functional groups attached to an aromatic ring is 1. The molecule has 0 unspecified atom stereocenters. The lowest BCUT2D eigenvalue weighted by atomic mass is 9.97. The summed E-state index contributed by atoms with van der Waals surface area (Å²) < 4.78 is 0.725. The smallest absolute Gasteiger partial charge is 0.0928 e. The maximum Gasteiger partial charge on any atom is 0.0928 e. The van der Waals surface area contributed by atoms with Crippen molar-refractivity contribution in [3.8, 4) is 0 Å². The Morgan fingerprint density at radius 2 is 1.95 bits per heavy atom. The van der Waals surface area contributed by atoms with Crippen molar-refractivity contribution in [1.29, 1.82) is 0 Å². The fourth-order valence-corrected chi connectivity index (χ4v) is 3.23. The zero-order chi connectivity index (χ0) is 14.3. The topological polar surface area (TPSA) is 50.9 Å². The molecule has 2 aromatic rings. The summed E-state index contributed by atoms with van der Waals surface area (Å²) in [5, 5.41) is 1.75. The van der Waals surface area contributed by atoms with E-state index in [1.165, 1.54) is 0 Å². The number of pyridine rings is 1. The number of fused-ring (bicyclic) bond motifs is 1. The number of halogens is 3. The second-order valence-electron chi connectivity index (χ2n) is 4.67. The predicted molar refractivity (Wildman–Crippen MR) is 86.1 cm³/mol. The number of anilines is 1. The summed E-state index contributed by atoms with van der Waals surface area (Å²) in [5.41, 5.74) is 6.26. The van der Waals surface area contributed by atoms with Crippen LogP contribution in [0.1, 0.15) is 31.0 Å². The van der Waals surface area contributed by atoms with Crippen LogP contribution in [0.25, 0.3) is 10.9 Å². The van der Waals surface area contributed by atoms with Gasteiger partial charge < -0.3 is 5.43 Å². The fourth-order valence-electron chi connectivity index (χ4n) is 2.30. The zero-order valence-electron chi connectivity index (χ0n) is 10.8. The highest BCUT2D eigenvalue weighted by atomic mass is 79.9. The van der Waals surface area contributed by atoms with Crippen molar-refractivity contribution in [3.05, 3.63) is 31.8 Å². The van der Waals surface area contributed by atoms with Gasteiger partial charge in [0.25, 0.3) is 0 Å². The van der Waals surface area contributed by atoms with Crippen LogP contribution in [-0.2, 0) is 0 Å². The summed E-state index contributed by atoms with van der Waals surface area (Å²) in [6.45, 7) is 6.15. The molecule has 0 fully saturated rings. The minimum atomic E-state index is 0.302. The van der Waals surface area contributed by atoms with E-state index in [2.05, 4.69) is 40.2 Å². The Hall–Kier alpha value is -0.550. The van der Waals surface area contributed by atoms with Crippen LogP contribution in [0.15, 0.2) is 10.5 Å². The molecule has 3 N–H and O–H groups in total. The van der Waals surface area contributed by atoms with E-state index in [1.54, 1.807) is 0 Å². The van der Waals surface area contributed by atoms with E-state index in [0.717, 1.165) is 26.8 Å². The van der Waals surface area contributed by atoms with Gasteiger partial charge in [-0.2, -0.15) is 0 Å². The van der Waals surface area contributed by atoms with Crippen LogP contribution >= 0.6 is 39.1 Å². The van der Waals surface area contributed by atoms with Crippen molar-refractivity contribution in [1.82, 2.24) is 4.98 Å². The van der Waals surface area contributed by atoms with Gasteiger partial charge in [-0.1, -0.05) is 37.0 Å². The molecule has 0 saturated heterocycles. The maximum atomic E-state index is 6.27. The number of nitrogens with two attached hydrogens (primary N) is 1. The van der Waals surface area contributed by atoms with Crippen LogP contribution in [0, 0.1) is 6.92 Å². The lowest BCUT2D eigenvalue weighted by Crippen LogP contribution is -2.12. The lowest BCUT2D eigenvalue weighted by molar-refractivity contribution is 0.848. The van der Waals surface area contributed by atoms with Crippen molar-refractivity contribution < 1.29 is 0 Å². The quantitative estimate of drug-likeness (QED) is 0.448. The normalized spacial score (nSPS) is 11.4. The second kappa shape index (κ2) is 5.44. The molecule has 1 heterocycles. The number of hydrazine groups is 1. The molecule has 0 aliphatic heterocycles. The van der Waals surface area contributed by atoms with Gasteiger partial charge in [0, 0.05) is 21.1 Å². The summed E-state index contributed by atoms with van der Waals surface area (Å²) in [7, 11) is 0. The Morgan fingerprint density at radius 1 is 1.32 bits per heavy atom. The molecule has 1 aromatic carbocycles. The minimum Gasteiger partial charge on any atom is -0.323 e. The maximum absolute atomic E-state index is 6.27. The molecular formula is C13H14BrCl2N3. The summed E-state index contributed by atoms with van der Waals surface area (Å²) in [6, 6.07) is 1.89. The van der Waals surface area contributed by atoms with Gasteiger partial charge in [-0.15, -0.1) is 0 Å². The highest BCUT2D eigenvalue weighted by molar-refractivity contribution is 9.10. The largest absolute Gasteiger partial charge is 0.323 e. The standard InChI is InChI=1S/C13H14BrCl2N3/c1-5(2)9-6(3)18-13-7(12(9)19-17)4-8(14)10(15)11(13)16/h4-5H,17H2,1-3H3,(H,18,19). The van der Waals surface area contributed by atoms with Crippen LogP contribution in [-0.4, -0.2) is 4.98 Å². The van der Waals surface area contributed by atoms with E-state index in [0.29, 0.717) is 21.5 Å². The molecule has 0 aliphatic carbocycles. The molecule has 1 aromatic heterocycles. The average molecular weight is 363 g/mol. The van der Waals surface area contributed by atoms with E-state index in [-0.39, 0.29) is 0 Å². The summed E-state index contributed by atoms with van der Waals surface area (Å²) in [6.07, 6.45) is 0. The third-order valence-corrected chi connectivity index (χ3v) is 4.78. The minimum absolute atomic E-state index is 0.302. The first-order chi connectivity index (χ1) is 8.88. The van der Waals surface area contributed by atoms with Crippen LogP contribution in [0.5, 0.6) is 0 Å². The number of rotatable bonds is 2. The van der Waals surface area contributed by atoms with E-state index in [1.807, 2.05) is 13.0 Å². The summed E-state index contributed by atoms with van der Waals surface area (Å²) in [4.78, 5) is 4.57. The molecule has 0 bridgehead atoms. The van der Waals surface area contributed by atoms with Gasteiger partial charge >= 0.3 is 0 Å². The van der Waals surface area contributed by atoms with Gasteiger partial charge in [0.15, 0.2) is 0 Å². The number of aryl methyl sites for hydroxylation is 1. The van der Waals surface area contributed by atoms with Crippen LogP contribution in [0.3, 0.4) is 0 Å². The molecular weight excluding hydrogens is 349 g/mol.